The minimum atomic E-state index is -0.764. The van der Waals surface area contributed by atoms with E-state index in [-0.39, 0.29) is 23.8 Å². The molecule has 5 aromatic rings. The molecule has 0 spiro atoms. The molecule has 0 radical (unpaired) electrons. The molecule has 0 aliphatic carbocycles. The third-order valence-corrected chi connectivity index (χ3v) is 10.4. The summed E-state index contributed by atoms with van der Waals surface area (Å²) in [5.74, 6) is 0.562. The first-order chi connectivity index (χ1) is 27.1. The number of benzene rings is 5. The smallest absolute Gasteiger partial charge is 0.328 e. The SMILES string of the molecule is COC(=O)[C@H](CCSC)NC(=O)c1ccc(CN(CC(=O)NCC(C)(C)c2ccccc2)Cc2ccc(OCc3ccccc3)cc2)cc1-c1ccccc1C. The van der Waals surface area contributed by atoms with E-state index >= 15 is 0 Å². The standard InChI is InChI=1S/C47H53N3O5S/c1-34-14-12-13-19-40(34)42-28-37(22-25-41(42)45(52)49-43(26-27-56-5)46(53)54-4)30-50(31-44(51)48-33-47(2,3)38-17-10-7-11-18-38)29-35-20-23-39(24-21-35)55-32-36-15-8-6-9-16-36/h6-25,28,43H,26-27,29-33H2,1-5H3,(H,48,51)(H,49,52)/t43-/m0/s1. The highest BCUT2D eigenvalue weighted by molar-refractivity contribution is 7.98. The van der Waals surface area contributed by atoms with Crippen molar-refractivity contribution in [3.8, 4) is 16.9 Å². The molecule has 0 heterocycles. The van der Waals surface area contributed by atoms with Crippen molar-refractivity contribution in [3.63, 3.8) is 0 Å². The molecule has 292 valence electrons. The summed E-state index contributed by atoms with van der Waals surface area (Å²) in [6.45, 7) is 8.35. The highest BCUT2D eigenvalue weighted by Crippen LogP contribution is 2.29. The Kier molecular flexibility index (Phi) is 15.3. The Bertz CT molecular complexity index is 2040. The largest absolute Gasteiger partial charge is 0.489 e. The first-order valence-electron chi connectivity index (χ1n) is 18.9. The molecular formula is C47H53N3O5S. The highest BCUT2D eigenvalue weighted by Gasteiger charge is 2.25. The van der Waals surface area contributed by atoms with Crippen molar-refractivity contribution in [2.24, 2.45) is 0 Å². The number of thioether (sulfide) groups is 1. The van der Waals surface area contributed by atoms with Crippen molar-refractivity contribution in [2.45, 2.75) is 58.3 Å². The van der Waals surface area contributed by atoms with Crippen LogP contribution in [0.5, 0.6) is 5.75 Å². The van der Waals surface area contributed by atoms with E-state index in [0.717, 1.165) is 44.7 Å². The summed E-state index contributed by atoms with van der Waals surface area (Å²) in [7, 11) is 1.33. The van der Waals surface area contributed by atoms with E-state index in [2.05, 4.69) is 41.5 Å². The van der Waals surface area contributed by atoms with Crippen molar-refractivity contribution in [2.75, 3.05) is 32.2 Å². The van der Waals surface area contributed by atoms with Crippen LogP contribution < -0.4 is 15.4 Å². The van der Waals surface area contributed by atoms with Crippen LogP contribution in [0, 0.1) is 6.92 Å². The van der Waals surface area contributed by atoms with Gasteiger partial charge in [0.05, 0.1) is 13.7 Å². The number of aryl methyl sites for hydroxylation is 1. The van der Waals surface area contributed by atoms with E-state index in [1.165, 1.54) is 7.11 Å². The van der Waals surface area contributed by atoms with Crippen LogP contribution in [0.4, 0.5) is 0 Å². The van der Waals surface area contributed by atoms with Crippen LogP contribution in [0.3, 0.4) is 0 Å². The second kappa shape index (κ2) is 20.5. The predicted octanol–water partition coefficient (Wildman–Crippen LogP) is 8.36. The summed E-state index contributed by atoms with van der Waals surface area (Å²) in [5, 5.41) is 6.12. The maximum absolute atomic E-state index is 13.9. The number of hydrogen-bond acceptors (Lipinski definition) is 7. The number of carbonyl (C=O) groups is 3. The molecule has 1 atom stereocenters. The maximum Gasteiger partial charge on any atom is 0.328 e. The van der Waals surface area contributed by atoms with Gasteiger partial charge in [-0.05, 0) is 88.6 Å². The van der Waals surface area contributed by atoms with E-state index in [1.54, 1.807) is 11.8 Å². The van der Waals surface area contributed by atoms with Gasteiger partial charge >= 0.3 is 5.97 Å². The number of carbonyl (C=O) groups excluding carboxylic acids is 3. The Hall–Kier alpha value is -5.38. The zero-order valence-electron chi connectivity index (χ0n) is 33.0. The van der Waals surface area contributed by atoms with Crippen LogP contribution in [-0.2, 0) is 39.4 Å². The fourth-order valence-electron chi connectivity index (χ4n) is 6.53. The molecule has 0 fully saturated rings. The Labute approximate surface area is 336 Å². The molecule has 0 aromatic heterocycles. The van der Waals surface area contributed by atoms with E-state index in [0.29, 0.717) is 44.0 Å². The zero-order valence-corrected chi connectivity index (χ0v) is 33.9. The molecular weight excluding hydrogens is 719 g/mol. The number of methoxy groups -OCH3 is 1. The maximum atomic E-state index is 13.9. The lowest BCUT2D eigenvalue weighted by molar-refractivity contribution is -0.142. The number of amides is 2. The number of hydrogen-bond donors (Lipinski definition) is 2. The number of nitrogens with zero attached hydrogens (tertiary/aromatic N) is 1. The molecule has 0 aliphatic rings. The molecule has 56 heavy (non-hydrogen) atoms. The summed E-state index contributed by atoms with van der Waals surface area (Å²) >= 11 is 1.60. The van der Waals surface area contributed by atoms with E-state index < -0.39 is 12.0 Å². The molecule has 2 amide bonds. The average molecular weight is 772 g/mol. The third kappa shape index (κ3) is 12.1. The van der Waals surface area contributed by atoms with Gasteiger partial charge in [-0.15, -0.1) is 0 Å². The molecule has 0 unspecified atom stereocenters. The van der Waals surface area contributed by atoms with Crippen molar-refractivity contribution < 1.29 is 23.9 Å². The molecule has 5 aromatic carbocycles. The van der Waals surface area contributed by atoms with Crippen LogP contribution in [0.2, 0.25) is 0 Å². The van der Waals surface area contributed by atoms with Crippen LogP contribution >= 0.6 is 11.8 Å². The summed E-state index contributed by atoms with van der Waals surface area (Å²) < 4.78 is 11.0. The summed E-state index contributed by atoms with van der Waals surface area (Å²) in [5.41, 5.74) is 7.10. The van der Waals surface area contributed by atoms with Gasteiger partial charge in [0.1, 0.15) is 18.4 Å². The van der Waals surface area contributed by atoms with Crippen molar-refractivity contribution in [1.82, 2.24) is 15.5 Å². The van der Waals surface area contributed by atoms with E-state index in [1.807, 2.05) is 128 Å². The Morgan fingerprint density at radius 2 is 1.41 bits per heavy atom. The first-order valence-corrected chi connectivity index (χ1v) is 20.3. The number of esters is 1. The fraction of sp³-hybridized carbons (Fsp3) is 0.298. The van der Waals surface area contributed by atoms with Gasteiger partial charge in [-0.25, -0.2) is 4.79 Å². The molecule has 0 saturated heterocycles. The van der Waals surface area contributed by atoms with Crippen LogP contribution in [0.25, 0.3) is 11.1 Å². The third-order valence-electron chi connectivity index (χ3n) is 9.80. The monoisotopic (exact) mass is 771 g/mol. The van der Waals surface area contributed by atoms with Crippen molar-refractivity contribution in [1.29, 1.82) is 0 Å². The first kappa shape index (κ1) is 41.8. The average Bonchev–Trinajstić information content (AvgIpc) is 3.22. The van der Waals surface area contributed by atoms with Gasteiger partial charge in [-0.3, -0.25) is 14.5 Å². The summed E-state index contributed by atoms with van der Waals surface area (Å²) in [6.07, 6.45) is 2.41. The topological polar surface area (TPSA) is 97.0 Å². The minimum absolute atomic E-state index is 0.0777. The van der Waals surface area contributed by atoms with Gasteiger partial charge in [0.25, 0.3) is 5.91 Å². The van der Waals surface area contributed by atoms with E-state index in [9.17, 15) is 14.4 Å². The lowest BCUT2D eigenvalue weighted by Crippen LogP contribution is -2.42. The molecule has 0 aliphatic heterocycles. The fourth-order valence-corrected chi connectivity index (χ4v) is 7.01. The second-order valence-corrected chi connectivity index (χ2v) is 15.6. The normalized spacial score (nSPS) is 11.8. The molecule has 9 heteroatoms. The Morgan fingerprint density at radius 1 is 0.768 bits per heavy atom. The van der Waals surface area contributed by atoms with Crippen LogP contribution in [0.1, 0.15) is 58.4 Å². The van der Waals surface area contributed by atoms with E-state index in [4.69, 9.17) is 9.47 Å². The summed E-state index contributed by atoms with van der Waals surface area (Å²) in [4.78, 5) is 42.2. The van der Waals surface area contributed by atoms with Crippen LogP contribution in [0.15, 0.2) is 127 Å². The molecule has 2 N–H and O–H groups in total. The van der Waals surface area contributed by atoms with Gasteiger partial charge in [-0.2, -0.15) is 11.8 Å². The quantitative estimate of drug-likeness (QED) is 0.0815. The van der Waals surface area contributed by atoms with Gasteiger partial charge in [-0.1, -0.05) is 117 Å². The Morgan fingerprint density at radius 3 is 2.09 bits per heavy atom. The van der Waals surface area contributed by atoms with Gasteiger partial charge in [0.15, 0.2) is 0 Å². The van der Waals surface area contributed by atoms with Gasteiger partial charge in [0, 0.05) is 30.6 Å². The van der Waals surface area contributed by atoms with Crippen LogP contribution in [-0.4, -0.2) is 60.9 Å². The van der Waals surface area contributed by atoms with Crippen molar-refractivity contribution >= 4 is 29.5 Å². The highest BCUT2D eigenvalue weighted by atomic mass is 32.2. The van der Waals surface area contributed by atoms with Gasteiger partial charge in [0.2, 0.25) is 5.91 Å². The summed E-state index contributed by atoms with van der Waals surface area (Å²) in [6, 6.07) is 41.2. The van der Waals surface area contributed by atoms with Crippen molar-refractivity contribution in [3.05, 3.63) is 161 Å². The number of nitrogens with one attached hydrogen (secondary N) is 2. The predicted molar refractivity (Wildman–Crippen MR) is 227 cm³/mol. The Balaban J connectivity index is 1.40. The molecule has 0 bridgehead atoms. The van der Waals surface area contributed by atoms with Gasteiger partial charge < -0.3 is 20.1 Å². The lowest BCUT2D eigenvalue weighted by Gasteiger charge is -2.27. The second-order valence-electron chi connectivity index (χ2n) is 14.6. The number of rotatable bonds is 19. The minimum Gasteiger partial charge on any atom is -0.489 e. The zero-order chi connectivity index (χ0) is 39.9. The molecule has 8 nitrogen and oxygen atoms in total. The lowest BCUT2D eigenvalue weighted by atomic mass is 9.84. The molecule has 5 rings (SSSR count). The number of ether oxygens (including phenoxy) is 2. The molecule has 0 saturated carbocycles.